The topological polar surface area (TPSA) is 103 Å². The number of rotatable bonds is 6. The van der Waals surface area contributed by atoms with Crippen LogP contribution in [0.5, 0.6) is 0 Å². The van der Waals surface area contributed by atoms with E-state index in [1.54, 1.807) is 12.1 Å². The van der Waals surface area contributed by atoms with E-state index in [2.05, 4.69) is 21.4 Å². The van der Waals surface area contributed by atoms with Gasteiger partial charge in [-0.25, -0.2) is 9.78 Å². The highest BCUT2D eigenvalue weighted by atomic mass is 35.5. The molecule has 6 rings (SSSR count). The molecule has 1 N–H and O–H groups in total. The maximum Gasteiger partial charge on any atom is 0.337 e. The summed E-state index contributed by atoms with van der Waals surface area (Å²) in [6, 6.07) is 17.5. The highest BCUT2D eigenvalue weighted by Gasteiger charge is 2.32. The van der Waals surface area contributed by atoms with Crippen LogP contribution in [0, 0.1) is 13.8 Å². The molecule has 3 aromatic carbocycles. The maximum atomic E-state index is 12.7. The first-order chi connectivity index (χ1) is 20.4. The number of halogens is 1. The molecule has 0 saturated carbocycles. The third-order valence-electron chi connectivity index (χ3n) is 7.27. The van der Waals surface area contributed by atoms with Gasteiger partial charge in [0, 0.05) is 39.7 Å². The van der Waals surface area contributed by atoms with Crippen LogP contribution >= 0.6 is 22.9 Å². The van der Waals surface area contributed by atoms with Gasteiger partial charge in [-0.05, 0) is 82.1 Å². The number of hydrogen-bond donors (Lipinski definition) is 1. The average molecular weight is 612 g/mol. The largest absolute Gasteiger partial charge is 0.479 e. The number of aryl methyl sites for hydroxylation is 3. The second-order valence-electron chi connectivity index (χ2n) is 11.6. The lowest BCUT2D eigenvalue weighted by Crippen LogP contribution is -2.28. The molecule has 218 valence electrons. The molecule has 0 radical (unpaired) electrons. The van der Waals surface area contributed by atoms with Crippen LogP contribution in [0.15, 0.2) is 60.8 Å². The molecule has 8 nitrogen and oxygen atoms in total. The normalized spacial score (nSPS) is 12.7. The van der Waals surface area contributed by atoms with E-state index in [-0.39, 0.29) is 0 Å². The van der Waals surface area contributed by atoms with E-state index in [0.29, 0.717) is 10.6 Å². The molecule has 0 bridgehead atoms. The summed E-state index contributed by atoms with van der Waals surface area (Å²) in [5.74, 6) is -1.05. The number of carbonyl (C=O) groups is 1. The number of hydrogen-bond acceptors (Lipinski definition) is 7. The molecule has 0 saturated heterocycles. The zero-order valence-electron chi connectivity index (χ0n) is 24.6. The molecule has 3 aromatic heterocycles. The van der Waals surface area contributed by atoms with E-state index < -0.39 is 17.7 Å². The number of carboxylic acids is 1. The Labute approximate surface area is 257 Å². The van der Waals surface area contributed by atoms with Crippen molar-refractivity contribution in [1.29, 1.82) is 0 Å². The van der Waals surface area contributed by atoms with E-state index in [1.165, 1.54) is 11.3 Å². The van der Waals surface area contributed by atoms with Gasteiger partial charge in [0.25, 0.3) is 0 Å². The number of benzene rings is 3. The predicted molar refractivity (Wildman–Crippen MR) is 171 cm³/mol. The molecule has 0 fully saturated rings. The quantitative estimate of drug-likeness (QED) is 0.202. The van der Waals surface area contributed by atoms with Crippen LogP contribution in [0.25, 0.3) is 54.1 Å². The lowest BCUT2D eigenvalue weighted by Gasteiger charge is -2.28. The number of thiazole rings is 1. The van der Waals surface area contributed by atoms with E-state index in [9.17, 15) is 9.90 Å². The van der Waals surface area contributed by atoms with Crippen LogP contribution in [-0.2, 0) is 16.6 Å². The smallest absolute Gasteiger partial charge is 0.337 e. The second-order valence-corrected chi connectivity index (χ2v) is 13.0. The Balaban J connectivity index is 1.56. The minimum absolute atomic E-state index is 0.593. The Morgan fingerprint density at radius 2 is 1.74 bits per heavy atom. The number of aromatic nitrogens is 5. The standard InChI is InChI=1S/C33H30ClN5O3S/c1-17-13-25-30(28(19-7-10-22(34)11-8-19)27(17)29(32(40)41)42-33(3,4)5)43-31(36-25)23-15-24(38-37-18(23)2)20-9-12-26-21(14-20)16-35-39(26)6/h7-16,29H,1-6H3,(H,40,41)/t29-/m0/s1. The first-order valence-corrected chi connectivity index (χ1v) is 15.0. The molecule has 0 aliphatic rings. The van der Waals surface area contributed by atoms with Crippen molar-refractivity contribution in [2.45, 2.75) is 46.3 Å². The van der Waals surface area contributed by atoms with Crippen LogP contribution in [0.1, 0.15) is 43.7 Å². The Morgan fingerprint density at radius 3 is 2.44 bits per heavy atom. The van der Waals surface area contributed by atoms with E-state index in [1.807, 2.05) is 88.9 Å². The molecule has 43 heavy (non-hydrogen) atoms. The molecule has 0 unspecified atom stereocenters. The van der Waals surface area contributed by atoms with Crippen molar-refractivity contribution in [2.75, 3.05) is 0 Å². The van der Waals surface area contributed by atoms with Gasteiger partial charge in [0.1, 0.15) is 5.01 Å². The van der Waals surface area contributed by atoms with E-state index >= 15 is 0 Å². The zero-order valence-corrected chi connectivity index (χ0v) is 26.2. The van der Waals surface area contributed by atoms with Crippen LogP contribution in [0.4, 0.5) is 0 Å². The number of ether oxygens (including phenoxy) is 1. The summed E-state index contributed by atoms with van der Waals surface area (Å²) >= 11 is 7.74. The number of aliphatic carboxylic acids is 1. The van der Waals surface area contributed by atoms with Crippen molar-refractivity contribution in [1.82, 2.24) is 25.0 Å². The summed E-state index contributed by atoms with van der Waals surface area (Å²) in [6.07, 6.45) is 0.653. The van der Waals surface area contributed by atoms with Gasteiger partial charge >= 0.3 is 5.97 Å². The number of carboxylic acid groups (broad SMARTS) is 1. The van der Waals surface area contributed by atoms with Crippen molar-refractivity contribution >= 4 is 50.0 Å². The predicted octanol–water partition coefficient (Wildman–Crippen LogP) is 8.19. The fourth-order valence-corrected chi connectivity index (χ4v) is 6.61. The van der Waals surface area contributed by atoms with Crippen molar-refractivity contribution < 1.29 is 14.6 Å². The molecular formula is C33H30ClN5O3S. The van der Waals surface area contributed by atoms with Crippen molar-refractivity contribution in [3.63, 3.8) is 0 Å². The fourth-order valence-electron chi connectivity index (χ4n) is 5.29. The third-order valence-corrected chi connectivity index (χ3v) is 8.64. The fraction of sp³-hybridized carbons (Fsp3) is 0.242. The van der Waals surface area contributed by atoms with Crippen LogP contribution in [-0.4, -0.2) is 41.6 Å². The first kappa shape index (κ1) is 28.9. The summed E-state index contributed by atoms with van der Waals surface area (Å²) < 4.78 is 8.84. The Bertz CT molecular complexity index is 2030. The molecule has 1 atom stereocenters. The van der Waals surface area contributed by atoms with Gasteiger partial charge in [-0.15, -0.1) is 11.3 Å². The molecule has 6 aromatic rings. The Hall–Kier alpha value is -4.18. The lowest BCUT2D eigenvalue weighted by atomic mass is 9.91. The molecular weight excluding hydrogens is 582 g/mol. The number of nitrogens with zero attached hydrogens (tertiary/aromatic N) is 5. The minimum Gasteiger partial charge on any atom is -0.479 e. The summed E-state index contributed by atoms with van der Waals surface area (Å²) in [7, 11) is 1.91. The molecule has 0 amide bonds. The van der Waals surface area contributed by atoms with E-state index in [4.69, 9.17) is 21.3 Å². The molecule has 0 aliphatic carbocycles. The average Bonchev–Trinajstić information content (AvgIpc) is 3.54. The molecule has 0 spiro atoms. The van der Waals surface area contributed by atoms with Gasteiger partial charge in [-0.1, -0.05) is 29.8 Å². The van der Waals surface area contributed by atoms with E-state index in [0.717, 1.165) is 65.3 Å². The van der Waals surface area contributed by atoms with Crippen molar-refractivity contribution in [2.24, 2.45) is 7.05 Å². The minimum atomic E-state index is -1.18. The van der Waals surface area contributed by atoms with Crippen molar-refractivity contribution in [3.05, 3.63) is 82.6 Å². The van der Waals surface area contributed by atoms with Gasteiger partial charge in [0.2, 0.25) is 0 Å². The molecule has 3 heterocycles. The summed E-state index contributed by atoms with van der Waals surface area (Å²) in [5.41, 5.74) is 7.36. The summed E-state index contributed by atoms with van der Waals surface area (Å²) in [5, 5.41) is 26.0. The molecule has 0 aliphatic heterocycles. The van der Waals surface area contributed by atoms with Gasteiger partial charge < -0.3 is 9.84 Å². The summed E-state index contributed by atoms with van der Waals surface area (Å²) in [4.78, 5) is 17.7. The zero-order chi connectivity index (χ0) is 30.6. The second kappa shape index (κ2) is 10.8. The van der Waals surface area contributed by atoms with Crippen LogP contribution in [0.2, 0.25) is 5.02 Å². The van der Waals surface area contributed by atoms with Gasteiger partial charge in [-0.2, -0.15) is 15.3 Å². The maximum absolute atomic E-state index is 12.7. The van der Waals surface area contributed by atoms with Crippen molar-refractivity contribution in [3.8, 4) is 33.0 Å². The highest BCUT2D eigenvalue weighted by molar-refractivity contribution is 7.22. The SMILES string of the molecule is Cc1cc2nc(-c3cc(-c4ccc5c(cnn5C)c4)nnc3C)sc2c(-c2ccc(Cl)cc2)c1[C@H](OC(C)(C)C)C(=O)O. The summed E-state index contributed by atoms with van der Waals surface area (Å²) in [6.45, 7) is 9.38. The van der Waals surface area contributed by atoms with Crippen LogP contribution < -0.4 is 0 Å². The highest BCUT2D eigenvalue weighted by Crippen LogP contribution is 2.45. The third kappa shape index (κ3) is 5.51. The monoisotopic (exact) mass is 611 g/mol. The first-order valence-electron chi connectivity index (χ1n) is 13.8. The molecule has 10 heteroatoms. The Morgan fingerprint density at radius 1 is 1.02 bits per heavy atom. The van der Waals surface area contributed by atoms with Gasteiger partial charge in [0.15, 0.2) is 6.10 Å². The lowest BCUT2D eigenvalue weighted by molar-refractivity contribution is -0.160. The Kier molecular flexibility index (Phi) is 7.28. The number of fused-ring (bicyclic) bond motifs is 2. The van der Waals surface area contributed by atoms with Crippen LogP contribution in [0.3, 0.4) is 0 Å². The van der Waals surface area contributed by atoms with Gasteiger partial charge in [-0.3, -0.25) is 4.68 Å². The van der Waals surface area contributed by atoms with Gasteiger partial charge in [0.05, 0.1) is 38.9 Å².